The summed E-state index contributed by atoms with van der Waals surface area (Å²) >= 11 is 0. The Kier molecular flexibility index (Phi) is 7.84. The number of para-hydroxylation sites is 4. The third-order valence-corrected chi connectivity index (χ3v) is 9.89. The van der Waals surface area contributed by atoms with Crippen LogP contribution in [0.5, 0.6) is 0 Å². The molecule has 1 aliphatic carbocycles. The number of hydrogen-bond acceptors (Lipinski definition) is 2. The van der Waals surface area contributed by atoms with Gasteiger partial charge in [-0.3, -0.25) is 0 Å². The van der Waals surface area contributed by atoms with Crippen LogP contribution < -0.4 is 0 Å². The average molecular weight is 643 g/mol. The van der Waals surface area contributed by atoms with Gasteiger partial charge in [-0.15, -0.1) is 0 Å². The molecule has 0 aliphatic heterocycles. The van der Waals surface area contributed by atoms with Crippen molar-refractivity contribution >= 4 is 49.9 Å². The lowest BCUT2D eigenvalue weighted by Gasteiger charge is -2.21. The van der Waals surface area contributed by atoms with Crippen molar-refractivity contribution in [2.75, 3.05) is 0 Å². The molecule has 2 heterocycles. The van der Waals surface area contributed by atoms with E-state index in [2.05, 4.69) is 143 Å². The quantitative estimate of drug-likeness (QED) is 0.162. The van der Waals surface area contributed by atoms with Crippen molar-refractivity contribution in [1.29, 1.82) is 10.5 Å². The Hall–Kier alpha value is -6.62. The van der Waals surface area contributed by atoms with Gasteiger partial charge in [0.25, 0.3) is 0 Å². The number of aryl methyl sites for hydroxylation is 1. The van der Waals surface area contributed by atoms with Gasteiger partial charge in [-0.05, 0) is 72.4 Å². The second-order valence-corrected chi connectivity index (χ2v) is 12.5. The van der Waals surface area contributed by atoms with E-state index < -0.39 is 0 Å². The summed E-state index contributed by atoms with van der Waals surface area (Å²) in [4.78, 5) is 0. The molecule has 0 N–H and O–H groups in total. The van der Waals surface area contributed by atoms with Crippen molar-refractivity contribution in [3.05, 3.63) is 174 Å². The molecule has 238 valence electrons. The predicted octanol–water partition coefficient (Wildman–Crippen LogP) is 11.3. The third kappa shape index (κ3) is 4.73. The number of nitrogens with zero attached hydrogens (tertiary/aromatic N) is 4. The molecule has 0 saturated heterocycles. The molecule has 0 spiro atoms. The molecule has 0 atom stereocenters. The highest BCUT2D eigenvalue weighted by atomic mass is 15.0. The number of hydrogen-bond donors (Lipinski definition) is 0. The van der Waals surface area contributed by atoms with E-state index in [9.17, 15) is 10.5 Å². The van der Waals surface area contributed by atoms with Crippen molar-refractivity contribution in [2.24, 2.45) is 0 Å². The Labute approximate surface area is 292 Å². The Bertz CT molecular complexity index is 2680. The molecule has 5 aromatic carbocycles. The second kappa shape index (κ2) is 12.8. The smallest absolute Gasteiger partial charge is 0.102 e. The molecule has 7 aromatic rings. The molecule has 8 rings (SSSR count). The van der Waals surface area contributed by atoms with E-state index in [4.69, 9.17) is 0 Å². The summed E-state index contributed by atoms with van der Waals surface area (Å²) in [7, 11) is 0. The van der Waals surface area contributed by atoms with E-state index in [0.717, 1.165) is 85.1 Å². The molecule has 1 aliphatic rings. The van der Waals surface area contributed by atoms with Crippen molar-refractivity contribution in [3.8, 4) is 23.5 Å². The molecule has 0 bridgehead atoms. The van der Waals surface area contributed by atoms with Gasteiger partial charge in [0.2, 0.25) is 0 Å². The van der Waals surface area contributed by atoms with Gasteiger partial charge in [-0.2, -0.15) is 10.5 Å². The molecule has 4 heteroatoms. The van der Waals surface area contributed by atoms with Gasteiger partial charge in [0.1, 0.15) is 6.07 Å². The summed E-state index contributed by atoms with van der Waals surface area (Å²) in [5.41, 5.74) is 12.9. The van der Waals surface area contributed by atoms with E-state index in [1.165, 1.54) is 10.9 Å². The Morgan fingerprint density at radius 3 is 2.20 bits per heavy atom. The van der Waals surface area contributed by atoms with Crippen molar-refractivity contribution in [2.45, 2.75) is 26.2 Å². The largest absolute Gasteiger partial charge is 0.308 e. The van der Waals surface area contributed by atoms with Gasteiger partial charge >= 0.3 is 0 Å². The maximum Gasteiger partial charge on any atom is 0.102 e. The number of allylic oxidation sites excluding steroid dienone is 6. The van der Waals surface area contributed by atoms with Crippen LogP contribution in [0.25, 0.3) is 61.3 Å². The van der Waals surface area contributed by atoms with Crippen LogP contribution in [0.3, 0.4) is 0 Å². The van der Waals surface area contributed by atoms with Gasteiger partial charge in [-0.1, -0.05) is 116 Å². The first kappa shape index (κ1) is 30.7. The van der Waals surface area contributed by atoms with Crippen molar-refractivity contribution in [3.63, 3.8) is 0 Å². The van der Waals surface area contributed by atoms with Crippen LogP contribution in [-0.4, -0.2) is 9.13 Å². The monoisotopic (exact) mass is 642 g/mol. The normalized spacial score (nSPS) is 13.0. The molecule has 2 aromatic heterocycles. The van der Waals surface area contributed by atoms with Crippen LogP contribution in [0.15, 0.2) is 140 Å². The molecule has 0 fully saturated rings. The summed E-state index contributed by atoms with van der Waals surface area (Å²) in [6.07, 6.45) is 12.7. The second-order valence-electron chi connectivity index (χ2n) is 12.5. The van der Waals surface area contributed by atoms with E-state index in [1.807, 2.05) is 31.2 Å². The van der Waals surface area contributed by atoms with Gasteiger partial charge < -0.3 is 9.13 Å². The van der Waals surface area contributed by atoms with Gasteiger partial charge in [0, 0.05) is 33.0 Å². The minimum absolute atomic E-state index is 0.302. The van der Waals surface area contributed by atoms with Crippen LogP contribution in [0.2, 0.25) is 0 Å². The standard InChI is InChI=1S/C46H34N4/c1-3-15-33(35-17-5-11-25-43(35)50-44-26-12-8-20-38(44)39-22-13-16-31(28-29-47)46(39)50)32(4-2)34-21-14-27-45(40(34)30-48)49-41-23-9-6-18-36(41)37-19-7-10-24-42(37)49/h3-6,8-18,20-27H,1,7,19,28H2,2H3/b32-4+,33-15+. The van der Waals surface area contributed by atoms with E-state index in [0.29, 0.717) is 12.0 Å². The van der Waals surface area contributed by atoms with Crippen LogP contribution in [-0.2, 0) is 12.8 Å². The minimum atomic E-state index is 0.302. The molecule has 0 amide bonds. The zero-order valence-corrected chi connectivity index (χ0v) is 27.9. The number of nitriles is 2. The van der Waals surface area contributed by atoms with Gasteiger partial charge in [-0.25, -0.2) is 0 Å². The van der Waals surface area contributed by atoms with Gasteiger partial charge in [0.15, 0.2) is 0 Å². The maximum absolute atomic E-state index is 10.9. The molecule has 4 nitrogen and oxygen atoms in total. The minimum Gasteiger partial charge on any atom is -0.308 e. The maximum atomic E-state index is 10.9. The zero-order chi connectivity index (χ0) is 34.2. The first-order chi connectivity index (χ1) is 24.7. The summed E-state index contributed by atoms with van der Waals surface area (Å²) in [5.74, 6) is 0. The highest BCUT2D eigenvalue weighted by Crippen LogP contribution is 2.42. The number of benzene rings is 5. The lowest BCUT2D eigenvalue weighted by molar-refractivity contribution is 0.966. The highest BCUT2D eigenvalue weighted by molar-refractivity contribution is 6.12. The molecular weight excluding hydrogens is 609 g/mol. The summed E-state index contributed by atoms with van der Waals surface area (Å²) < 4.78 is 4.55. The number of rotatable bonds is 7. The summed E-state index contributed by atoms with van der Waals surface area (Å²) in [6, 6.07) is 42.7. The summed E-state index contributed by atoms with van der Waals surface area (Å²) in [5, 5.41) is 24.2. The number of fused-ring (bicyclic) bond motifs is 6. The first-order valence-electron chi connectivity index (χ1n) is 17.0. The number of aromatic nitrogens is 2. The predicted molar refractivity (Wildman–Crippen MR) is 207 cm³/mol. The van der Waals surface area contributed by atoms with Gasteiger partial charge in [0.05, 0.1) is 46.0 Å². The van der Waals surface area contributed by atoms with Crippen LogP contribution in [0.1, 0.15) is 46.9 Å². The van der Waals surface area contributed by atoms with Crippen molar-refractivity contribution < 1.29 is 0 Å². The van der Waals surface area contributed by atoms with Crippen LogP contribution >= 0.6 is 0 Å². The molecule has 0 radical (unpaired) electrons. The Morgan fingerprint density at radius 2 is 1.42 bits per heavy atom. The zero-order valence-electron chi connectivity index (χ0n) is 27.9. The SMILES string of the molecule is C=C/C=C(\C(=C/C)c1cccc(-n2c3c(c4ccccc42)CCC=C3)c1C#N)c1ccccc1-n1c2ccccc2c2cccc(CC#N)c21. The summed E-state index contributed by atoms with van der Waals surface area (Å²) in [6.45, 7) is 6.16. The fourth-order valence-corrected chi connectivity index (χ4v) is 7.88. The Balaban J connectivity index is 1.37. The van der Waals surface area contributed by atoms with E-state index in [-0.39, 0.29) is 0 Å². The lowest BCUT2D eigenvalue weighted by atomic mass is 9.87. The fraction of sp³-hybridized carbons (Fsp3) is 0.0870. The first-order valence-corrected chi connectivity index (χ1v) is 17.0. The van der Waals surface area contributed by atoms with E-state index in [1.54, 1.807) is 0 Å². The fourth-order valence-electron chi connectivity index (χ4n) is 7.88. The molecule has 50 heavy (non-hydrogen) atoms. The molecular formula is C46H34N4. The highest BCUT2D eigenvalue weighted by Gasteiger charge is 2.24. The van der Waals surface area contributed by atoms with Crippen LogP contribution in [0, 0.1) is 22.7 Å². The molecule has 0 unspecified atom stereocenters. The third-order valence-electron chi connectivity index (χ3n) is 9.89. The topological polar surface area (TPSA) is 57.4 Å². The lowest BCUT2D eigenvalue weighted by Crippen LogP contribution is -2.06. The van der Waals surface area contributed by atoms with Crippen molar-refractivity contribution in [1.82, 2.24) is 9.13 Å². The van der Waals surface area contributed by atoms with E-state index >= 15 is 0 Å². The average Bonchev–Trinajstić information content (AvgIpc) is 3.68. The Morgan fingerprint density at radius 1 is 0.740 bits per heavy atom. The molecule has 0 saturated carbocycles. The van der Waals surface area contributed by atoms with Crippen LogP contribution in [0.4, 0.5) is 0 Å².